The number of nitrogens with zero attached hydrogens (tertiary/aromatic N) is 1. The number of hydrogen-bond donors (Lipinski definition) is 1. The Morgan fingerprint density at radius 3 is 2.10 bits per heavy atom. The Bertz CT molecular complexity index is 580. The van der Waals surface area contributed by atoms with E-state index >= 15 is 0 Å². The van der Waals surface area contributed by atoms with Crippen molar-refractivity contribution in [3.63, 3.8) is 0 Å². The van der Waals surface area contributed by atoms with Crippen LogP contribution in [0.5, 0.6) is 0 Å². The molecule has 2 heteroatoms. The second kappa shape index (κ2) is 6.00. The summed E-state index contributed by atoms with van der Waals surface area (Å²) in [4.78, 5) is 2.35. The van der Waals surface area contributed by atoms with Gasteiger partial charge in [-0.15, -0.1) is 0 Å². The zero-order valence-corrected chi connectivity index (χ0v) is 12.8. The van der Waals surface area contributed by atoms with E-state index in [2.05, 4.69) is 67.3 Å². The average molecular weight is 281 g/mol. The molecule has 0 radical (unpaired) electrons. The second-order valence-corrected chi connectivity index (χ2v) is 5.95. The van der Waals surface area contributed by atoms with Gasteiger partial charge in [-0.25, -0.2) is 0 Å². The molecule has 0 aromatic heterocycles. The molecule has 0 saturated carbocycles. The van der Waals surface area contributed by atoms with Crippen LogP contribution in [0.2, 0.25) is 0 Å². The predicted molar refractivity (Wildman–Crippen MR) is 85.9 cm³/mol. The summed E-state index contributed by atoms with van der Waals surface area (Å²) in [7, 11) is 0. The number of aryl methyl sites for hydroxylation is 1. The minimum Gasteiger partial charge on any atom is -0.387 e. The molecule has 1 N–H and O–H groups in total. The average Bonchev–Trinajstić information content (AvgIpc) is 2.97. The highest BCUT2D eigenvalue weighted by atomic mass is 16.3. The van der Waals surface area contributed by atoms with E-state index in [9.17, 15) is 5.11 Å². The Hall–Kier alpha value is -1.64. The van der Waals surface area contributed by atoms with Crippen LogP contribution in [0.4, 0.5) is 0 Å². The van der Waals surface area contributed by atoms with Gasteiger partial charge >= 0.3 is 0 Å². The van der Waals surface area contributed by atoms with Gasteiger partial charge in [0.2, 0.25) is 0 Å². The molecule has 110 valence electrons. The van der Waals surface area contributed by atoms with Crippen molar-refractivity contribution in [1.29, 1.82) is 0 Å². The molecule has 21 heavy (non-hydrogen) atoms. The zero-order chi connectivity index (χ0) is 14.8. The molecule has 0 fully saturated rings. The predicted octanol–water partition coefficient (Wildman–Crippen LogP) is 3.69. The number of rotatable bonds is 4. The summed E-state index contributed by atoms with van der Waals surface area (Å²) in [5.41, 5.74) is 5.10. The normalized spacial score (nSPS) is 17.5. The summed E-state index contributed by atoms with van der Waals surface area (Å²) in [5, 5.41) is 10.7. The van der Waals surface area contributed by atoms with Gasteiger partial charge in [0.05, 0.1) is 6.10 Å². The van der Waals surface area contributed by atoms with Crippen LogP contribution in [-0.2, 0) is 19.5 Å². The van der Waals surface area contributed by atoms with Gasteiger partial charge in [-0.2, -0.15) is 0 Å². The topological polar surface area (TPSA) is 23.5 Å². The first-order chi connectivity index (χ1) is 10.2. The van der Waals surface area contributed by atoms with Gasteiger partial charge in [0, 0.05) is 19.1 Å². The van der Waals surface area contributed by atoms with E-state index < -0.39 is 6.10 Å². The van der Waals surface area contributed by atoms with E-state index in [4.69, 9.17) is 0 Å². The van der Waals surface area contributed by atoms with Gasteiger partial charge in [0.1, 0.15) is 0 Å². The maximum Gasteiger partial charge on any atom is 0.0942 e. The molecule has 1 heterocycles. The lowest BCUT2D eigenvalue weighted by Crippen LogP contribution is -2.33. The number of aliphatic hydroxyl groups excluding tert-OH is 1. The second-order valence-electron chi connectivity index (χ2n) is 5.95. The minimum atomic E-state index is -0.440. The Kier molecular flexibility index (Phi) is 4.09. The zero-order valence-electron chi connectivity index (χ0n) is 12.8. The van der Waals surface area contributed by atoms with E-state index in [1.54, 1.807) is 0 Å². The molecule has 1 aliphatic rings. The SMILES string of the molecule is CCc1ccc(C(O)C(C)N2Cc3ccccc3C2)cc1. The molecule has 2 atom stereocenters. The lowest BCUT2D eigenvalue weighted by molar-refractivity contribution is 0.0559. The van der Waals surface area contributed by atoms with Gasteiger partial charge in [-0.3, -0.25) is 4.90 Å². The van der Waals surface area contributed by atoms with Gasteiger partial charge < -0.3 is 5.11 Å². The first-order valence-electron chi connectivity index (χ1n) is 7.76. The Morgan fingerprint density at radius 1 is 1.00 bits per heavy atom. The molecule has 2 nitrogen and oxygen atoms in total. The van der Waals surface area contributed by atoms with Gasteiger partial charge in [-0.1, -0.05) is 55.5 Å². The summed E-state index contributed by atoms with van der Waals surface area (Å²) >= 11 is 0. The van der Waals surface area contributed by atoms with Crippen LogP contribution in [0.25, 0.3) is 0 Å². The van der Waals surface area contributed by atoms with E-state index in [-0.39, 0.29) is 6.04 Å². The van der Waals surface area contributed by atoms with E-state index in [1.807, 2.05) is 0 Å². The summed E-state index contributed by atoms with van der Waals surface area (Å²) in [6.45, 7) is 6.13. The largest absolute Gasteiger partial charge is 0.387 e. The summed E-state index contributed by atoms with van der Waals surface area (Å²) in [6, 6.07) is 17.0. The lowest BCUT2D eigenvalue weighted by Gasteiger charge is -2.28. The molecule has 0 spiro atoms. The van der Waals surface area contributed by atoms with Crippen molar-refractivity contribution >= 4 is 0 Å². The van der Waals surface area contributed by atoms with Crippen LogP contribution in [-0.4, -0.2) is 16.0 Å². The monoisotopic (exact) mass is 281 g/mol. The van der Waals surface area contributed by atoms with E-state index in [0.717, 1.165) is 25.1 Å². The first-order valence-corrected chi connectivity index (χ1v) is 7.76. The molecule has 2 aromatic carbocycles. The molecule has 2 aromatic rings. The van der Waals surface area contributed by atoms with Crippen molar-refractivity contribution < 1.29 is 5.11 Å². The minimum absolute atomic E-state index is 0.116. The Morgan fingerprint density at radius 2 is 1.57 bits per heavy atom. The highest BCUT2D eigenvalue weighted by Crippen LogP contribution is 2.29. The van der Waals surface area contributed by atoms with Gasteiger partial charge in [0.15, 0.2) is 0 Å². The van der Waals surface area contributed by atoms with Gasteiger partial charge in [-0.05, 0) is 35.6 Å². The van der Waals surface area contributed by atoms with Crippen molar-refractivity contribution in [3.8, 4) is 0 Å². The van der Waals surface area contributed by atoms with Crippen LogP contribution in [0.15, 0.2) is 48.5 Å². The van der Waals surface area contributed by atoms with Crippen molar-refractivity contribution in [2.75, 3.05) is 0 Å². The van der Waals surface area contributed by atoms with Crippen LogP contribution < -0.4 is 0 Å². The van der Waals surface area contributed by atoms with Crippen molar-refractivity contribution in [3.05, 3.63) is 70.8 Å². The molecule has 3 rings (SSSR count). The maximum atomic E-state index is 10.7. The lowest BCUT2D eigenvalue weighted by atomic mass is 10.0. The quantitative estimate of drug-likeness (QED) is 0.924. The first kappa shape index (κ1) is 14.3. The van der Waals surface area contributed by atoms with Crippen LogP contribution >= 0.6 is 0 Å². The van der Waals surface area contributed by atoms with Crippen molar-refractivity contribution in [2.45, 2.75) is 45.5 Å². The molecule has 0 amide bonds. The Labute approximate surface area is 127 Å². The molecule has 0 aliphatic carbocycles. The highest BCUT2D eigenvalue weighted by molar-refractivity contribution is 5.31. The standard InChI is InChI=1S/C19H23NO/c1-3-15-8-10-16(11-9-15)19(21)14(2)20-12-17-6-4-5-7-18(17)13-20/h4-11,14,19,21H,3,12-13H2,1-2H3. The van der Waals surface area contributed by atoms with E-state index in [1.165, 1.54) is 16.7 Å². The fraction of sp³-hybridized carbons (Fsp3) is 0.368. The van der Waals surface area contributed by atoms with E-state index in [0.29, 0.717) is 0 Å². The summed E-state index contributed by atoms with van der Waals surface area (Å²) in [5.74, 6) is 0. The third-order valence-electron chi connectivity index (χ3n) is 4.63. The molecular weight excluding hydrogens is 258 g/mol. The third-order valence-corrected chi connectivity index (χ3v) is 4.63. The fourth-order valence-electron chi connectivity index (χ4n) is 3.08. The smallest absolute Gasteiger partial charge is 0.0942 e. The third kappa shape index (κ3) is 2.87. The Balaban J connectivity index is 1.72. The highest BCUT2D eigenvalue weighted by Gasteiger charge is 2.28. The molecule has 2 unspecified atom stereocenters. The number of fused-ring (bicyclic) bond motifs is 1. The summed E-state index contributed by atoms with van der Waals surface area (Å²) < 4.78 is 0. The summed E-state index contributed by atoms with van der Waals surface area (Å²) in [6.07, 6.45) is 0.595. The van der Waals surface area contributed by atoms with Crippen molar-refractivity contribution in [2.24, 2.45) is 0 Å². The molecule has 0 saturated heterocycles. The number of hydrogen-bond acceptors (Lipinski definition) is 2. The fourth-order valence-corrected chi connectivity index (χ4v) is 3.08. The number of benzene rings is 2. The van der Waals surface area contributed by atoms with Gasteiger partial charge in [0.25, 0.3) is 0 Å². The van der Waals surface area contributed by atoms with Crippen LogP contribution in [0.3, 0.4) is 0 Å². The van der Waals surface area contributed by atoms with Crippen LogP contribution in [0, 0.1) is 0 Å². The number of aliphatic hydroxyl groups is 1. The van der Waals surface area contributed by atoms with Crippen LogP contribution in [0.1, 0.15) is 42.2 Å². The molecule has 1 aliphatic heterocycles. The van der Waals surface area contributed by atoms with Crippen molar-refractivity contribution in [1.82, 2.24) is 4.90 Å². The molecular formula is C19H23NO. The maximum absolute atomic E-state index is 10.7. The molecule has 0 bridgehead atoms.